The van der Waals surface area contributed by atoms with Crippen LogP contribution in [-0.4, -0.2) is 19.9 Å². The van der Waals surface area contributed by atoms with E-state index in [1.54, 1.807) is 23.7 Å². The number of anilines is 1. The van der Waals surface area contributed by atoms with Gasteiger partial charge in [-0.05, 0) is 37.2 Å². The standard InChI is InChI=1S/C12H12N6S2/c1-6-4-14-12(15-5-6)20-10-8-3-7(2)19-9(8)16-11(17-10)18-13/h3-5H,13H2,1-2H3,(H,16,17,18). The zero-order valence-electron chi connectivity index (χ0n) is 10.9. The number of thiophene rings is 1. The van der Waals surface area contributed by atoms with E-state index in [1.807, 2.05) is 13.8 Å². The number of nitrogens with one attached hydrogen (secondary N) is 1. The van der Waals surface area contributed by atoms with Gasteiger partial charge >= 0.3 is 0 Å². The van der Waals surface area contributed by atoms with Gasteiger partial charge in [0, 0.05) is 22.7 Å². The van der Waals surface area contributed by atoms with E-state index in [1.165, 1.54) is 16.6 Å². The lowest BCUT2D eigenvalue weighted by molar-refractivity contribution is 0.945. The Bertz CT molecular complexity index is 752. The molecule has 0 aliphatic carbocycles. The Hall–Kier alpha value is -1.77. The molecule has 3 aromatic rings. The van der Waals surface area contributed by atoms with Crippen molar-refractivity contribution in [1.29, 1.82) is 0 Å². The van der Waals surface area contributed by atoms with Crippen LogP contribution in [0.3, 0.4) is 0 Å². The maximum atomic E-state index is 5.42. The van der Waals surface area contributed by atoms with Crippen LogP contribution in [-0.2, 0) is 0 Å². The number of aromatic nitrogens is 4. The van der Waals surface area contributed by atoms with Crippen LogP contribution in [0.2, 0.25) is 0 Å². The first-order valence-electron chi connectivity index (χ1n) is 5.87. The van der Waals surface area contributed by atoms with Crippen LogP contribution in [0.5, 0.6) is 0 Å². The molecule has 0 bridgehead atoms. The van der Waals surface area contributed by atoms with Crippen LogP contribution in [0.4, 0.5) is 5.95 Å². The van der Waals surface area contributed by atoms with E-state index in [4.69, 9.17) is 5.84 Å². The minimum Gasteiger partial charge on any atom is -0.292 e. The second-order valence-electron chi connectivity index (χ2n) is 4.22. The SMILES string of the molecule is Cc1cnc(Sc2nc(NN)nc3sc(C)cc23)nc1. The largest absolute Gasteiger partial charge is 0.292 e. The molecule has 0 radical (unpaired) electrons. The molecule has 6 nitrogen and oxygen atoms in total. The Kier molecular flexibility index (Phi) is 3.51. The molecule has 0 fully saturated rings. The van der Waals surface area contributed by atoms with E-state index in [-0.39, 0.29) is 0 Å². The van der Waals surface area contributed by atoms with Crippen molar-refractivity contribution >= 4 is 39.3 Å². The van der Waals surface area contributed by atoms with Gasteiger partial charge in [0.25, 0.3) is 0 Å². The Morgan fingerprint density at radius 1 is 1.20 bits per heavy atom. The van der Waals surface area contributed by atoms with Crippen LogP contribution in [0.25, 0.3) is 10.2 Å². The van der Waals surface area contributed by atoms with Crippen molar-refractivity contribution in [1.82, 2.24) is 19.9 Å². The summed E-state index contributed by atoms with van der Waals surface area (Å²) in [5, 5.41) is 2.46. The van der Waals surface area contributed by atoms with Gasteiger partial charge in [-0.1, -0.05) is 0 Å². The molecule has 3 heterocycles. The van der Waals surface area contributed by atoms with Crippen LogP contribution in [0, 0.1) is 13.8 Å². The van der Waals surface area contributed by atoms with Crippen LogP contribution < -0.4 is 11.3 Å². The number of aryl methyl sites for hydroxylation is 2. The third-order valence-electron chi connectivity index (χ3n) is 2.56. The summed E-state index contributed by atoms with van der Waals surface area (Å²) in [7, 11) is 0. The van der Waals surface area contributed by atoms with Gasteiger partial charge in [0.1, 0.15) is 9.86 Å². The number of nitrogens with two attached hydrogens (primary N) is 1. The predicted octanol–water partition coefficient (Wildman–Crippen LogP) is 2.53. The molecule has 0 atom stereocenters. The highest BCUT2D eigenvalue weighted by molar-refractivity contribution is 7.99. The lowest BCUT2D eigenvalue weighted by atomic mass is 10.4. The number of nitrogens with zero attached hydrogens (tertiary/aromatic N) is 4. The summed E-state index contributed by atoms with van der Waals surface area (Å²) < 4.78 is 0. The lowest BCUT2D eigenvalue weighted by Crippen LogP contribution is -2.10. The number of hydrogen-bond donors (Lipinski definition) is 2. The molecular weight excluding hydrogens is 292 g/mol. The lowest BCUT2D eigenvalue weighted by Gasteiger charge is -2.04. The van der Waals surface area contributed by atoms with Gasteiger partial charge in [0.05, 0.1) is 0 Å². The molecular formula is C12H12N6S2. The Morgan fingerprint density at radius 3 is 2.65 bits per heavy atom. The van der Waals surface area contributed by atoms with Gasteiger partial charge in [-0.3, -0.25) is 5.43 Å². The molecule has 0 aliphatic rings. The molecule has 0 aliphatic heterocycles. The number of rotatable bonds is 3. The van der Waals surface area contributed by atoms with Gasteiger partial charge < -0.3 is 0 Å². The molecule has 0 aromatic carbocycles. The second kappa shape index (κ2) is 5.31. The van der Waals surface area contributed by atoms with E-state index in [0.29, 0.717) is 11.1 Å². The fourth-order valence-corrected chi connectivity index (χ4v) is 3.40. The highest BCUT2D eigenvalue weighted by Gasteiger charge is 2.12. The van der Waals surface area contributed by atoms with E-state index in [9.17, 15) is 0 Å². The first kappa shape index (κ1) is 13.2. The molecule has 8 heteroatoms. The molecule has 102 valence electrons. The molecule has 20 heavy (non-hydrogen) atoms. The summed E-state index contributed by atoms with van der Waals surface area (Å²) in [4.78, 5) is 19.4. The maximum absolute atomic E-state index is 5.42. The smallest absolute Gasteiger partial charge is 0.239 e. The molecule has 0 spiro atoms. The third kappa shape index (κ3) is 2.58. The van der Waals surface area contributed by atoms with Crippen molar-refractivity contribution in [2.45, 2.75) is 24.0 Å². The quantitative estimate of drug-likeness (QED) is 0.332. The molecule has 0 saturated carbocycles. The average Bonchev–Trinajstić information content (AvgIpc) is 2.81. The summed E-state index contributed by atoms with van der Waals surface area (Å²) in [5.74, 6) is 5.82. The normalized spacial score (nSPS) is 10.9. The van der Waals surface area contributed by atoms with E-state index < -0.39 is 0 Å². The molecule has 0 saturated heterocycles. The molecule has 3 aromatic heterocycles. The highest BCUT2D eigenvalue weighted by Crippen LogP contribution is 2.34. The van der Waals surface area contributed by atoms with E-state index in [0.717, 1.165) is 20.8 Å². The number of hydrogen-bond acceptors (Lipinski definition) is 8. The van der Waals surface area contributed by atoms with Crippen LogP contribution >= 0.6 is 23.1 Å². The zero-order valence-corrected chi connectivity index (χ0v) is 12.5. The van der Waals surface area contributed by atoms with Crippen molar-refractivity contribution in [3.63, 3.8) is 0 Å². The Balaban J connectivity index is 2.06. The van der Waals surface area contributed by atoms with Gasteiger partial charge in [-0.25, -0.2) is 25.8 Å². The summed E-state index contributed by atoms with van der Waals surface area (Å²) in [6.45, 7) is 3.99. The summed E-state index contributed by atoms with van der Waals surface area (Å²) in [6.07, 6.45) is 3.57. The van der Waals surface area contributed by atoms with Crippen molar-refractivity contribution in [3.8, 4) is 0 Å². The first-order chi connectivity index (χ1) is 9.65. The first-order valence-corrected chi connectivity index (χ1v) is 7.50. The van der Waals surface area contributed by atoms with Crippen LogP contribution in [0.15, 0.2) is 28.6 Å². The monoisotopic (exact) mass is 304 g/mol. The maximum Gasteiger partial charge on any atom is 0.239 e. The molecule has 0 unspecified atom stereocenters. The fourth-order valence-electron chi connectivity index (χ4n) is 1.68. The number of fused-ring (bicyclic) bond motifs is 1. The summed E-state index contributed by atoms with van der Waals surface area (Å²) in [5.41, 5.74) is 3.52. The minimum absolute atomic E-state index is 0.397. The van der Waals surface area contributed by atoms with E-state index in [2.05, 4.69) is 31.4 Å². The highest BCUT2D eigenvalue weighted by atomic mass is 32.2. The predicted molar refractivity (Wildman–Crippen MR) is 80.9 cm³/mol. The van der Waals surface area contributed by atoms with Gasteiger partial charge in [-0.2, -0.15) is 0 Å². The summed E-state index contributed by atoms with van der Waals surface area (Å²) >= 11 is 3.01. The number of hydrazine groups is 1. The molecule has 3 N–H and O–H groups in total. The Labute approximate surface area is 123 Å². The van der Waals surface area contributed by atoms with Gasteiger partial charge in [0.2, 0.25) is 5.95 Å². The van der Waals surface area contributed by atoms with Crippen molar-refractivity contribution in [3.05, 3.63) is 28.9 Å². The second-order valence-corrected chi connectivity index (χ2v) is 6.41. The average molecular weight is 304 g/mol. The summed E-state index contributed by atoms with van der Waals surface area (Å²) in [6, 6.07) is 2.07. The number of nitrogen functional groups attached to an aromatic ring is 1. The third-order valence-corrected chi connectivity index (χ3v) is 4.40. The van der Waals surface area contributed by atoms with Gasteiger partial charge in [-0.15, -0.1) is 11.3 Å². The Morgan fingerprint density at radius 2 is 1.95 bits per heavy atom. The molecule has 3 rings (SSSR count). The fraction of sp³-hybridized carbons (Fsp3) is 0.167. The van der Waals surface area contributed by atoms with Crippen LogP contribution in [0.1, 0.15) is 10.4 Å². The minimum atomic E-state index is 0.397. The van der Waals surface area contributed by atoms with Crippen molar-refractivity contribution in [2.75, 3.05) is 5.43 Å². The topological polar surface area (TPSA) is 89.6 Å². The van der Waals surface area contributed by atoms with E-state index >= 15 is 0 Å². The van der Waals surface area contributed by atoms with Gasteiger partial charge in [0.15, 0.2) is 5.16 Å². The van der Waals surface area contributed by atoms with Crippen molar-refractivity contribution < 1.29 is 0 Å². The molecule has 0 amide bonds. The zero-order chi connectivity index (χ0) is 14.1. The van der Waals surface area contributed by atoms with Crippen molar-refractivity contribution in [2.24, 2.45) is 5.84 Å².